The average Bonchev–Trinajstić information content (AvgIpc) is 3.38. The van der Waals surface area contributed by atoms with Gasteiger partial charge in [0.2, 0.25) is 5.91 Å². The Labute approximate surface area is 256 Å². The van der Waals surface area contributed by atoms with E-state index in [0.29, 0.717) is 45.0 Å². The van der Waals surface area contributed by atoms with Crippen molar-refractivity contribution < 1.29 is 28.2 Å². The molecular weight excluding hydrogens is 611 g/mol. The zero-order valence-electron chi connectivity index (χ0n) is 25.7. The maximum absolute atomic E-state index is 14.6. The molecule has 11 nitrogen and oxygen atoms in total. The molecule has 2 aliphatic rings. The molecular formula is C29H44BrFN6O5. The molecule has 0 N–H and O–H groups in total. The number of rotatable bonds is 8. The molecule has 0 saturated carbocycles. The third-order valence-corrected chi connectivity index (χ3v) is 7.64. The lowest BCUT2D eigenvalue weighted by Crippen LogP contribution is -2.58. The molecule has 2 atom stereocenters. The summed E-state index contributed by atoms with van der Waals surface area (Å²) in [5, 5.41) is 8.52. The zero-order chi connectivity index (χ0) is 31.2. The second kappa shape index (κ2) is 14.6. The lowest BCUT2D eigenvalue weighted by atomic mass is 9.91. The number of carbonyl (C=O) groups is 3. The second-order valence-electron chi connectivity index (χ2n) is 12.0. The summed E-state index contributed by atoms with van der Waals surface area (Å²) in [4.78, 5) is 46.1. The summed E-state index contributed by atoms with van der Waals surface area (Å²) in [6, 6.07) is -0.488. The molecule has 0 aromatic carbocycles. The van der Waals surface area contributed by atoms with Gasteiger partial charge in [-0.2, -0.15) is 0 Å². The summed E-state index contributed by atoms with van der Waals surface area (Å²) in [6.45, 7) is 15.3. The van der Waals surface area contributed by atoms with Crippen molar-refractivity contribution in [1.29, 1.82) is 0 Å². The molecule has 3 amide bonds. The Kier molecular flexibility index (Phi) is 11.7. The summed E-state index contributed by atoms with van der Waals surface area (Å²) < 4.78 is 27.1. The number of likely N-dealkylation sites (tertiary alicyclic amines) is 1. The molecule has 3 rings (SSSR count). The Morgan fingerprint density at radius 1 is 1.14 bits per heavy atom. The van der Waals surface area contributed by atoms with Crippen LogP contribution in [-0.2, 0) is 19.6 Å². The predicted molar refractivity (Wildman–Crippen MR) is 160 cm³/mol. The number of hydrogen-bond donors (Lipinski definition) is 0. The fourth-order valence-electron chi connectivity index (χ4n) is 5.21. The number of piperidine rings is 1. The fourth-order valence-corrected chi connectivity index (χ4v) is 5.72. The van der Waals surface area contributed by atoms with E-state index in [-0.39, 0.29) is 41.6 Å². The van der Waals surface area contributed by atoms with Crippen LogP contribution in [0.3, 0.4) is 0 Å². The monoisotopic (exact) mass is 654 g/mol. The number of nitrogens with zero attached hydrogens (tertiary/aromatic N) is 6. The minimum Gasteiger partial charge on any atom is -0.444 e. The van der Waals surface area contributed by atoms with Gasteiger partial charge in [0.25, 0.3) is 5.91 Å². The van der Waals surface area contributed by atoms with Gasteiger partial charge in [-0.05, 0) is 53.0 Å². The van der Waals surface area contributed by atoms with Crippen LogP contribution in [0, 0.1) is 11.8 Å². The second-order valence-corrected chi connectivity index (χ2v) is 12.6. The van der Waals surface area contributed by atoms with E-state index in [2.05, 4.69) is 26.2 Å². The van der Waals surface area contributed by atoms with E-state index in [0.717, 1.165) is 0 Å². The largest absolute Gasteiger partial charge is 0.444 e. The highest BCUT2D eigenvalue weighted by Crippen LogP contribution is 2.29. The predicted octanol–water partition coefficient (Wildman–Crippen LogP) is 4.49. The lowest BCUT2D eigenvalue weighted by Gasteiger charge is -2.44. The number of aromatic nitrogens is 3. The van der Waals surface area contributed by atoms with Crippen LogP contribution in [0.15, 0.2) is 18.0 Å². The number of ether oxygens (including phenoxy) is 2. The summed E-state index contributed by atoms with van der Waals surface area (Å²) >= 11 is 3.43. The Morgan fingerprint density at radius 2 is 1.81 bits per heavy atom. The molecule has 2 aliphatic heterocycles. The van der Waals surface area contributed by atoms with Gasteiger partial charge in [0, 0.05) is 38.1 Å². The van der Waals surface area contributed by atoms with E-state index in [1.807, 2.05) is 13.8 Å². The van der Waals surface area contributed by atoms with Gasteiger partial charge in [-0.25, -0.2) is 13.9 Å². The minimum absolute atomic E-state index is 0.0693. The van der Waals surface area contributed by atoms with Gasteiger partial charge in [-0.3, -0.25) is 9.59 Å². The van der Waals surface area contributed by atoms with Crippen LogP contribution in [0.5, 0.6) is 0 Å². The number of amides is 3. The molecule has 0 unspecified atom stereocenters. The number of hydrogen-bond acceptors (Lipinski definition) is 7. The van der Waals surface area contributed by atoms with Crippen molar-refractivity contribution in [2.75, 3.05) is 45.9 Å². The highest BCUT2D eigenvalue weighted by molar-refractivity contribution is 9.08. The van der Waals surface area contributed by atoms with Crippen molar-refractivity contribution in [2.45, 2.75) is 71.9 Å². The summed E-state index contributed by atoms with van der Waals surface area (Å²) in [5.41, 5.74) is -0.0587. The van der Waals surface area contributed by atoms with Crippen molar-refractivity contribution in [2.24, 2.45) is 11.8 Å². The zero-order valence-corrected chi connectivity index (χ0v) is 27.3. The quantitative estimate of drug-likeness (QED) is 0.300. The first-order valence-corrected chi connectivity index (χ1v) is 15.6. The van der Waals surface area contributed by atoms with Crippen LogP contribution in [0.4, 0.5) is 9.18 Å². The van der Waals surface area contributed by atoms with Gasteiger partial charge < -0.3 is 24.2 Å². The van der Waals surface area contributed by atoms with Crippen molar-refractivity contribution in [3.63, 3.8) is 0 Å². The third-order valence-electron chi connectivity index (χ3n) is 7.11. The van der Waals surface area contributed by atoms with Crippen molar-refractivity contribution in [1.82, 2.24) is 29.7 Å². The number of morpholine rings is 1. The number of carbonyl (C=O) groups excluding carboxylic acids is 3. The van der Waals surface area contributed by atoms with Crippen LogP contribution in [0.1, 0.15) is 71.1 Å². The number of allylic oxidation sites excluding steroid dienone is 4. The highest BCUT2D eigenvalue weighted by Gasteiger charge is 2.42. The molecule has 2 saturated heterocycles. The molecule has 0 aliphatic carbocycles. The first-order valence-electron chi connectivity index (χ1n) is 14.5. The lowest BCUT2D eigenvalue weighted by molar-refractivity contribution is -0.142. The van der Waals surface area contributed by atoms with Gasteiger partial charge in [0.1, 0.15) is 11.4 Å². The molecule has 0 radical (unpaired) electrons. The molecule has 0 bridgehead atoms. The summed E-state index contributed by atoms with van der Waals surface area (Å²) in [6.07, 6.45) is 2.73. The van der Waals surface area contributed by atoms with Gasteiger partial charge >= 0.3 is 6.09 Å². The summed E-state index contributed by atoms with van der Waals surface area (Å²) in [7, 11) is 0. The van der Waals surface area contributed by atoms with Gasteiger partial charge in [-0.1, -0.05) is 41.1 Å². The molecule has 234 valence electrons. The normalized spacial score (nSPS) is 20.6. The van der Waals surface area contributed by atoms with Gasteiger partial charge in [0.15, 0.2) is 5.69 Å². The van der Waals surface area contributed by atoms with E-state index in [1.165, 1.54) is 15.7 Å². The van der Waals surface area contributed by atoms with E-state index >= 15 is 0 Å². The molecule has 13 heteroatoms. The average molecular weight is 656 g/mol. The Balaban J connectivity index is 2.01. The Morgan fingerprint density at radius 3 is 2.36 bits per heavy atom. The maximum atomic E-state index is 14.6. The van der Waals surface area contributed by atoms with E-state index in [9.17, 15) is 18.8 Å². The standard InChI is InChI=1S/C29H44BrFN6O5/c1-8-22(31)23(9-2)37-24(15-30)25(32-33-37)27(39)36(16-19(3)4)21-14-20(26(38)34-10-12-41-13-11-34)17-35(18-21)28(40)42-29(5,6)7/h8-9,19-21H,10-18H2,1-7H3/b22-8+,23-9+/t20-,21+/m1/s1. The topological polar surface area (TPSA) is 110 Å². The van der Waals surface area contributed by atoms with Crippen LogP contribution >= 0.6 is 15.9 Å². The summed E-state index contributed by atoms with van der Waals surface area (Å²) in [5.74, 6) is -1.41. The van der Waals surface area contributed by atoms with E-state index in [4.69, 9.17) is 9.47 Å². The van der Waals surface area contributed by atoms with Crippen molar-refractivity contribution >= 4 is 39.5 Å². The highest BCUT2D eigenvalue weighted by atomic mass is 79.9. The van der Waals surface area contributed by atoms with Crippen LogP contribution in [0.2, 0.25) is 0 Å². The van der Waals surface area contributed by atoms with Gasteiger partial charge in [0.05, 0.1) is 36.6 Å². The van der Waals surface area contributed by atoms with Crippen molar-refractivity contribution in [3.05, 3.63) is 29.4 Å². The van der Waals surface area contributed by atoms with E-state index < -0.39 is 35.4 Å². The van der Waals surface area contributed by atoms with E-state index in [1.54, 1.807) is 50.5 Å². The molecule has 2 fully saturated rings. The molecule has 42 heavy (non-hydrogen) atoms. The SMILES string of the molecule is C/C=C(F)\C(=C/C)n1nnc(C(=O)N(CC(C)C)[C@H]2C[C@@H](C(=O)N3CCOCC3)CN(C(=O)OC(C)(C)C)C2)c1CBr. The number of halogens is 2. The first kappa shape index (κ1) is 33.7. The minimum atomic E-state index is -0.725. The maximum Gasteiger partial charge on any atom is 0.410 e. The van der Waals surface area contributed by atoms with Gasteiger partial charge in [-0.15, -0.1) is 5.10 Å². The smallest absolute Gasteiger partial charge is 0.410 e. The van der Waals surface area contributed by atoms with Crippen molar-refractivity contribution in [3.8, 4) is 0 Å². The Hall–Kier alpha value is -2.80. The Bertz CT molecular complexity index is 1190. The first-order chi connectivity index (χ1) is 19.8. The van der Waals surface area contributed by atoms with Crippen LogP contribution < -0.4 is 0 Å². The number of alkyl halides is 1. The fraction of sp³-hybridized carbons (Fsp3) is 0.690. The molecule has 0 spiro atoms. The molecule has 1 aromatic heterocycles. The third kappa shape index (κ3) is 8.18. The van der Waals surface area contributed by atoms with Crippen LogP contribution in [-0.4, -0.2) is 105 Å². The van der Waals surface area contributed by atoms with Crippen LogP contribution in [0.25, 0.3) is 5.70 Å². The molecule has 1 aromatic rings. The molecule has 3 heterocycles.